The van der Waals surface area contributed by atoms with E-state index in [0.717, 1.165) is 50.1 Å². The molecular weight excluding hydrogens is 326 g/mol. The molecule has 26 heavy (non-hydrogen) atoms. The van der Waals surface area contributed by atoms with Gasteiger partial charge in [0.25, 0.3) is 0 Å². The van der Waals surface area contributed by atoms with Gasteiger partial charge in [-0.05, 0) is 75.6 Å². The molecule has 0 amide bonds. The maximum absolute atomic E-state index is 10.1. The molecule has 2 atom stereocenters. The molecule has 1 aliphatic heterocycles. The van der Waals surface area contributed by atoms with Crippen LogP contribution in [0.5, 0.6) is 11.5 Å². The summed E-state index contributed by atoms with van der Waals surface area (Å²) in [6.07, 6.45) is 9.75. The SMILES string of the molecule is CCOc1ccc([C@@]23CC[C@@H](O)C=C2N(C)CC3)cc1OC1CCCC1. The zero-order valence-electron chi connectivity index (χ0n) is 16.0. The molecule has 1 aromatic rings. The fourth-order valence-corrected chi connectivity index (χ4v) is 4.97. The molecule has 1 aromatic carbocycles. The summed E-state index contributed by atoms with van der Waals surface area (Å²) < 4.78 is 12.2. The van der Waals surface area contributed by atoms with Crippen LogP contribution in [0.25, 0.3) is 0 Å². The van der Waals surface area contributed by atoms with Crippen molar-refractivity contribution < 1.29 is 14.6 Å². The van der Waals surface area contributed by atoms with Crippen LogP contribution in [0.15, 0.2) is 30.0 Å². The molecule has 3 aliphatic rings. The Kier molecular flexibility index (Phi) is 4.87. The van der Waals surface area contributed by atoms with E-state index in [1.165, 1.54) is 24.1 Å². The smallest absolute Gasteiger partial charge is 0.161 e. The first kappa shape index (κ1) is 17.7. The number of aliphatic hydroxyl groups is 1. The first-order chi connectivity index (χ1) is 12.6. The van der Waals surface area contributed by atoms with Gasteiger partial charge in [-0.2, -0.15) is 0 Å². The number of hydrogen-bond donors (Lipinski definition) is 1. The van der Waals surface area contributed by atoms with Crippen LogP contribution in [0.3, 0.4) is 0 Å². The lowest BCUT2D eigenvalue weighted by atomic mass is 9.70. The lowest BCUT2D eigenvalue weighted by Crippen LogP contribution is -2.33. The number of allylic oxidation sites excluding steroid dienone is 1. The molecule has 1 saturated heterocycles. The van der Waals surface area contributed by atoms with Crippen molar-refractivity contribution in [2.45, 2.75) is 69.5 Å². The number of likely N-dealkylation sites (tertiary alicyclic amines) is 1. The minimum atomic E-state index is -0.324. The van der Waals surface area contributed by atoms with Crippen LogP contribution in [-0.4, -0.2) is 42.4 Å². The number of hydrogen-bond acceptors (Lipinski definition) is 4. The van der Waals surface area contributed by atoms with Crippen LogP contribution in [0.4, 0.5) is 0 Å². The highest BCUT2D eigenvalue weighted by Gasteiger charge is 2.45. The second-order valence-electron chi connectivity index (χ2n) is 8.03. The number of ether oxygens (including phenoxy) is 2. The molecule has 1 saturated carbocycles. The van der Waals surface area contributed by atoms with Crippen LogP contribution in [0, 0.1) is 0 Å². The van der Waals surface area contributed by atoms with E-state index in [-0.39, 0.29) is 11.5 Å². The molecule has 0 aromatic heterocycles. The summed E-state index contributed by atoms with van der Waals surface area (Å²) in [7, 11) is 2.14. The molecule has 142 valence electrons. The number of nitrogens with zero attached hydrogens (tertiary/aromatic N) is 1. The van der Waals surface area contributed by atoms with E-state index in [0.29, 0.717) is 12.7 Å². The molecule has 0 radical (unpaired) electrons. The zero-order chi connectivity index (χ0) is 18.1. The molecule has 4 rings (SSSR count). The lowest BCUT2D eigenvalue weighted by Gasteiger charge is -2.37. The van der Waals surface area contributed by atoms with Crippen molar-refractivity contribution in [3.63, 3.8) is 0 Å². The van der Waals surface area contributed by atoms with Gasteiger partial charge in [0.1, 0.15) is 0 Å². The van der Waals surface area contributed by atoms with Gasteiger partial charge >= 0.3 is 0 Å². The third-order valence-electron chi connectivity index (χ3n) is 6.38. The van der Waals surface area contributed by atoms with Gasteiger partial charge in [0, 0.05) is 24.7 Å². The summed E-state index contributed by atoms with van der Waals surface area (Å²) in [6.45, 7) is 3.69. The summed E-state index contributed by atoms with van der Waals surface area (Å²) in [5, 5.41) is 10.1. The number of rotatable bonds is 5. The van der Waals surface area contributed by atoms with Crippen molar-refractivity contribution in [1.82, 2.24) is 4.90 Å². The van der Waals surface area contributed by atoms with Gasteiger partial charge in [-0.25, -0.2) is 0 Å². The van der Waals surface area contributed by atoms with Gasteiger partial charge in [0.2, 0.25) is 0 Å². The van der Waals surface area contributed by atoms with Crippen molar-refractivity contribution >= 4 is 0 Å². The van der Waals surface area contributed by atoms with E-state index in [9.17, 15) is 5.11 Å². The minimum Gasteiger partial charge on any atom is -0.490 e. The van der Waals surface area contributed by atoms with E-state index < -0.39 is 0 Å². The minimum absolute atomic E-state index is 0.00646. The van der Waals surface area contributed by atoms with E-state index in [4.69, 9.17) is 9.47 Å². The zero-order valence-corrected chi connectivity index (χ0v) is 16.0. The van der Waals surface area contributed by atoms with Gasteiger partial charge in [-0.15, -0.1) is 0 Å². The summed E-state index contributed by atoms with van der Waals surface area (Å²) in [5.74, 6) is 1.75. The number of fused-ring (bicyclic) bond motifs is 1. The molecule has 0 bridgehead atoms. The quantitative estimate of drug-likeness (QED) is 0.864. The van der Waals surface area contributed by atoms with Crippen LogP contribution in [0.2, 0.25) is 0 Å². The third kappa shape index (κ3) is 3.09. The summed E-state index contributed by atoms with van der Waals surface area (Å²) in [6, 6.07) is 6.50. The Morgan fingerprint density at radius 2 is 1.96 bits per heavy atom. The monoisotopic (exact) mass is 357 g/mol. The lowest BCUT2D eigenvalue weighted by molar-refractivity contribution is 0.180. The maximum Gasteiger partial charge on any atom is 0.161 e. The molecule has 1 heterocycles. The second kappa shape index (κ2) is 7.15. The average molecular weight is 357 g/mol. The predicted molar refractivity (Wildman–Crippen MR) is 103 cm³/mol. The molecular formula is C22H31NO3. The van der Waals surface area contributed by atoms with Crippen molar-refractivity contribution in [1.29, 1.82) is 0 Å². The Morgan fingerprint density at radius 3 is 2.73 bits per heavy atom. The Hall–Kier alpha value is -1.68. The van der Waals surface area contributed by atoms with E-state index >= 15 is 0 Å². The number of benzene rings is 1. The fraction of sp³-hybridized carbons (Fsp3) is 0.636. The highest BCUT2D eigenvalue weighted by Crippen LogP contribution is 2.50. The van der Waals surface area contributed by atoms with Crippen molar-refractivity contribution in [2.75, 3.05) is 20.2 Å². The van der Waals surface area contributed by atoms with Gasteiger partial charge in [-0.1, -0.05) is 6.07 Å². The van der Waals surface area contributed by atoms with Crippen LogP contribution in [-0.2, 0) is 5.41 Å². The highest BCUT2D eigenvalue weighted by molar-refractivity contribution is 5.49. The van der Waals surface area contributed by atoms with Gasteiger partial charge in [0.15, 0.2) is 11.5 Å². The Morgan fingerprint density at radius 1 is 1.15 bits per heavy atom. The molecule has 0 spiro atoms. The van der Waals surface area contributed by atoms with Crippen molar-refractivity contribution in [3.05, 3.63) is 35.5 Å². The summed E-state index contributed by atoms with van der Waals surface area (Å²) >= 11 is 0. The summed E-state index contributed by atoms with van der Waals surface area (Å²) in [5.41, 5.74) is 2.58. The topological polar surface area (TPSA) is 41.9 Å². The number of aliphatic hydroxyl groups excluding tert-OH is 1. The van der Waals surface area contributed by atoms with Crippen molar-refractivity contribution in [3.8, 4) is 11.5 Å². The first-order valence-corrected chi connectivity index (χ1v) is 10.2. The average Bonchev–Trinajstić information content (AvgIpc) is 3.26. The predicted octanol–water partition coefficient (Wildman–Crippen LogP) is 4.02. The molecule has 0 unspecified atom stereocenters. The highest BCUT2D eigenvalue weighted by atomic mass is 16.5. The van der Waals surface area contributed by atoms with Crippen molar-refractivity contribution in [2.24, 2.45) is 0 Å². The Balaban J connectivity index is 1.70. The van der Waals surface area contributed by atoms with Gasteiger partial charge < -0.3 is 19.5 Å². The molecule has 2 aliphatic carbocycles. The van der Waals surface area contributed by atoms with Crippen LogP contribution < -0.4 is 9.47 Å². The largest absolute Gasteiger partial charge is 0.490 e. The molecule has 2 fully saturated rings. The van der Waals surface area contributed by atoms with Crippen LogP contribution in [0.1, 0.15) is 57.4 Å². The normalized spacial score (nSPS) is 28.8. The summed E-state index contributed by atoms with van der Waals surface area (Å²) in [4.78, 5) is 2.30. The standard InChI is InChI=1S/C22H31NO3/c1-3-25-19-9-8-16(14-20(19)26-18-6-4-5-7-18)22-11-10-17(24)15-21(22)23(2)13-12-22/h8-9,14-15,17-18,24H,3-7,10-13H2,1-2H3/t17-,22+/m1/s1. The molecule has 4 nitrogen and oxygen atoms in total. The molecule has 1 N–H and O–H groups in total. The maximum atomic E-state index is 10.1. The van der Waals surface area contributed by atoms with E-state index in [1.807, 2.05) is 6.92 Å². The van der Waals surface area contributed by atoms with E-state index in [2.05, 4.69) is 36.2 Å². The van der Waals surface area contributed by atoms with Crippen LogP contribution >= 0.6 is 0 Å². The second-order valence-corrected chi connectivity index (χ2v) is 8.03. The Bertz CT molecular complexity index is 680. The Labute approximate surface area is 156 Å². The fourth-order valence-electron chi connectivity index (χ4n) is 4.97. The first-order valence-electron chi connectivity index (χ1n) is 10.2. The van der Waals surface area contributed by atoms with Gasteiger partial charge in [-0.3, -0.25) is 0 Å². The van der Waals surface area contributed by atoms with Gasteiger partial charge in [0.05, 0.1) is 18.8 Å². The molecule has 4 heteroatoms. The number of likely N-dealkylation sites (N-methyl/N-ethyl adjacent to an activating group) is 1. The third-order valence-corrected chi connectivity index (χ3v) is 6.38. The van der Waals surface area contributed by atoms with E-state index in [1.54, 1.807) is 0 Å².